The van der Waals surface area contributed by atoms with Crippen LogP contribution in [0.1, 0.15) is 161 Å². The summed E-state index contributed by atoms with van der Waals surface area (Å²) in [7, 11) is 0. The topological polar surface area (TPSA) is 46.5 Å². The molecule has 42 heavy (non-hydrogen) atoms. The molecule has 0 amide bonds. The lowest BCUT2D eigenvalue weighted by molar-refractivity contribution is -0.129. The first kappa shape index (κ1) is 35.6. The van der Waals surface area contributed by atoms with Crippen molar-refractivity contribution in [2.75, 3.05) is 0 Å². The van der Waals surface area contributed by atoms with E-state index in [2.05, 4.69) is 121 Å². The van der Waals surface area contributed by atoms with Gasteiger partial charge in [0, 0.05) is 28.7 Å². The van der Waals surface area contributed by atoms with Gasteiger partial charge in [-0.2, -0.15) is 0 Å². The van der Waals surface area contributed by atoms with Gasteiger partial charge in [0.1, 0.15) is 11.5 Å². The SMILES string of the molecule is C=CC(=O)Oc1c(C(C)c2cc(C(C)(C)CCC)cc(CC(C)(C)C)c2O)cc(C(C)(C)CCC)cc1C(C)(C)CC. The van der Waals surface area contributed by atoms with Gasteiger partial charge in [-0.05, 0) is 64.0 Å². The van der Waals surface area contributed by atoms with Crippen molar-refractivity contribution in [3.63, 3.8) is 0 Å². The monoisotopic (exact) mass is 576 g/mol. The summed E-state index contributed by atoms with van der Waals surface area (Å²) in [6.07, 6.45) is 7.14. The highest BCUT2D eigenvalue weighted by molar-refractivity contribution is 5.84. The summed E-state index contributed by atoms with van der Waals surface area (Å²) >= 11 is 0. The molecule has 0 aliphatic carbocycles. The van der Waals surface area contributed by atoms with Crippen LogP contribution in [-0.2, 0) is 27.5 Å². The maximum absolute atomic E-state index is 12.8. The molecule has 1 N–H and O–H groups in total. The van der Waals surface area contributed by atoms with Gasteiger partial charge in [-0.1, -0.05) is 134 Å². The molecule has 0 fully saturated rings. The van der Waals surface area contributed by atoms with Crippen molar-refractivity contribution in [2.24, 2.45) is 5.41 Å². The fourth-order valence-electron chi connectivity index (χ4n) is 6.17. The number of carbonyl (C=O) groups is 1. The minimum absolute atomic E-state index is 0.0125. The third-order valence-corrected chi connectivity index (χ3v) is 9.29. The van der Waals surface area contributed by atoms with Gasteiger partial charge < -0.3 is 9.84 Å². The number of carbonyl (C=O) groups excluding carboxylic acids is 1. The number of phenols is 1. The van der Waals surface area contributed by atoms with Crippen molar-refractivity contribution in [1.29, 1.82) is 0 Å². The minimum atomic E-state index is -0.465. The van der Waals surface area contributed by atoms with Crippen LogP contribution < -0.4 is 4.74 Å². The van der Waals surface area contributed by atoms with Crippen molar-refractivity contribution in [3.8, 4) is 11.5 Å². The Balaban J connectivity index is 3.06. The van der Waals surface area contributed by atoms with E-state index >= 15 is 0 Å². The van der Waals surface area contributed by atoms with E-state index in [4.69, 9.17) is 4.74 Å². The molecular weight excluding hydrogens is 516 g/mol. The van der Waals surface area contributed by atoms with Crippen LogP contribution >= 0.6 is 0 Å². The van der Waals surface area contributed by atoms with E-state index in [1.807, 2.05) is 0 Å². The number of ether oxygens (including phenoxy) is 1. The van der Waals surface area contributed by atoms with E-state index in [9.17, 15) is 9.90 Å². The molecule has 3 heteroatoms. The molecule has 1 unspecified atom stereocenters. The van der Waals surface area contributed by atoms with Crippen molar-refractivity contribution in [1.82, 2.24) is 0 Å². The van der Waals surface area contributed by atoms with Gasteiger partial charge in [0.2, 0.25) is 0 Å². The summed E-state index contributed by atoms with van der Waals surface area (Å²) in [6, 6.07) is 8.91. The largest absolute Gasteiger partial charge is 0.507 e. The Morgan fingerprint density at radius 2 is 1.33 bits per heavy atom. The Hall–Kier alpha value is -2.55. The number of aromatic hydroxyl groups is 1. The first-order chi connectivity index (χ1) is 19.2. The lowest BCUT2D eigenvalue weighted by atomic mass is 9.72. The summed E-state index contributed by atoms with van der Waals surface area (Å²) in [6.45, 7) is 32.7. The number of benzene rings is 2. The Morgan fingerprint density at radius 3 is 1.79 bits per heavy atom. The molecule has 2 rings (SSSR count). The fraction of sp³-hybridized carbons (Fsp3) is 0.615. The quantitative estimate of drug-likeness (QED) is 0.146. The highest BCUT2D eigenvalue weighted by Crippen LogP contribution is 2.47. The minimum Gasteiger partial charge on any atom is -0.507 e. The van der Waals surface area contributed by atoms with Gasteiger partial charge in [-0.25, -0.2) is 4.79 Å². The summed E-state index contributed by atoms with van der Waals surface area (Å²) in [5.74, 6) is 0.277. The van der Waals surface area contributed by atoms with Crippen LogP contribution in [-0.4, -0.2) is 11.1 Å². The van der Waals surface area contributed by atoms with Crippen molar-refractivity contribution < 1.29 is 14.6 Å². The highest BCUT2D eigenvalue weighted by Gasteiger charge is 2.33. The lowest BCUT2D eigenvalue weighted by Gasteiger charge is -2.34. The lowest BCUT2D eigenvalue weighted by Crippen LogP contribution is -2.24. The third-order valence-electron chi connectivity index (χ3n) is 9.29. The Bertz CT molecular complexity index is 1250. The van der Waals surface area contributed by atoms with Crippen LogP contribution in [0, 0.1) is 5.41 Å². The fourth-order valence-corrected chi connectivity index (χ4v) is 6.17. The number of esters is 1. The highest BCUT2D eigenvalue weighted by atomic mass is 16.5. The molecule has 234 valence electrons. The molecule has 0 bridgehead atoms. The first-order valence-electron chi connectivity index (χ1n) is 16.1. The molecule has 1 atom stereocenters. The van der Waals surface area contributed by atoms with Gasteiger partial charge in [0.25, 0.3) is 0 Å². The van der Waals surface area contributed by atoms with Crippen LogP contribution in [0.25, 0.3) is 0 Å². The van der Waals surface area contributed by atoms with Crippen LogP contribution in [0.15, 0.2) is 36.9 Å². The van der Waals surface area contributed by atoms with Crippen LogP contribution in [0.5, 0.6) is 11.5 Å². The van der Waals surface area contributed by atoms with Gasteiger partial charge in [-0.3, -0.25) is 0 Å². The van der Waals surface area contributed by atoms with E-state index < -0.39 is 5.97 Å². The molecule has 0 aliphatic heterocycles. The van der Waals surface area contributed by atoms with E-state index in [1.54, 1.807) is 0 Å². The third kappa shape index (κ3) is 8.29. The molecule has 0 radical (unpaired) electrons. The zero-order valence-corrected chi connectivity index (χ0v) is 29.2. The molecular formula is C39H60O3. The number of rotatable bonds is 13. The molecule has 0 aliphatic rings. The molecule has 0 aromatic heterocycles. The summed E-state index contributed by atoms with van der Waals surface area (Å²) in [4.78, 5) is 12.8. The molecule has 0 spiro atoms. The Morgan fingerprint density at radius 1 is 0.833 bits per heavy atom. The van der Waals surface area contributed by atoms with Gasteiger partial charge in [-0.15, -0.1) is 0 Å². The standard InChI is InChI=1S/C39H60O3/c1-15-19-38(11,12)28-21-27(25-36(6,7)8)34(41)30(22-28)26(5)31-23-29(39(13,14)20-16-2)24-32(37(9,10)18-4)35(31)42-33(40)17-3/h17,21-24,26,41H,3,15-16,18-20,25H2,1-2,4-14H3. The predicted octanol–water partition coefficient (Wildman–Crippen LogP) is 11.1. The average molecular weight is 577 g/mol. The van der Waals surface area contributed by atoms with Crippen LogP contribution in [0.3, 0.4) is 0 Å². The van der Waals surface area contributed by atoms with E-state index in [0.717, 1.165) is 60.8 Å². The molecule has 0 heterocycles. The second-order valence-electron chi connectivity index (χ2n) is 15.6. The number of phenolic OH excluding ortho intramolecular Hbond substituents is 1. The van der Waals surface area contributed by atoms with Crippen LogP contribution in [0.2, 0.25) is 0 Å². The smallest absolute Gasteiger partial charge is 0.335 e. The summed E-state index contributed by atoms with van der Waals surface area (Å²) in [5.41, 5.74) is 5.99. The van der Waals surface area contributed by atoms with Crippen molar-refractivity contribution in [3.05, 3.63) is 70.3 Å². The Labute approximate surface area is 258 Å². The first-order valence-corrected chi connectivity index (χ1v) is 16.1. The van der Waals surface area contributed by atoms with Crippen molar-refractivity contribution >= 4 is 5.97 Å². The zero-order chi connectivity index (χ0) is 32.3. The summed E-state index contributed by atoms with van der Waals surface area (Å²) < 4.78 is 6.13. The van der Waals surface area contributed by atoms with E-state index in [1.165, 1.54) is 17.2 Å². The molecule has 2 aromatic carbocycles. The van der Waals surface area contributed by atoms with Gasteiger partial charge in [0.15, 0.2) is 0 Å². The second-order valence-corrected chi connectivity index (χ2v) is 15.6. The van der Waals surface area contributed by atoms with E-state index in [0.29, 0.717) is 11.5 Å². The maximum atomic E-state index is 12.8. The molecule has 3 nitrogen and oxygen atoms in total. The average Bonchev–Trinajstić information content (AvgIpc) is 2.88. The van der Waals surface area contributed by atoms with Crippen LogP contribution in [0.4, 0.5) is 0 Å². The normalized spacial score (nSPS) is 13.6. The predicted molar refractivity (Wildman–Crippen MR) is 180 cm³/mol. The van der Waals surface area contributed by atoms with Crippen molar-refractivity contribution in [2.45, 2.75) is 151 Å². The summed E-state index contributed by atoms with van der Waals surface area (Å²) in [5, 5.41) is 11.9. The molecule has 0 saturated heterocycles. The second kappa shape index (κ2) is 13.4. The molecule has 2 aromatic rings. The Kier molecular flexibility index (Phi) is 11.4. The molecule has 0 saturated carbocycles. The van der Waals surface area contributed by atoms with Gasteiger partial charge >= 0.3 is 5.97 Å². The maximum Gasteiger partial charge on any atom is 0.335 e. The number of hydrogen-bond donors (Lipinski definition) is 1. The van der Waals surface area contributed by atoms with Gasteiger partial charge in [0.05, 0.1) is 0 Å². The number of hydrogen-bond acceptors (Lipinski definition) is 3. The van der Waals surface area contributed by atoms with E-state index in [-0.39, 0.29) is 27.6 Å². The zero-order valence-electron chi connectivity index (χ0n) is 29.2.